The number of anilines is 5. The second kappa shape index (κ2) is 15.1. The number of nitrogens with one attached hydrogen (secondary N) is 3. The molecule has 3 aliphatic rings. The molecule has 2 saturated heterocycles. The molecule has 2 amide bonds. The summed E-state index contributed by atoms with van der Waals surface area (Å²) in [5.41, 5.74) is 6.06. The maximum atomic E-state index is 12.9. The van der Waals surface area contributed by atoms with Crippen LogP contribution in [0.25, 0.3) is 0 Å². The second-order valence-corrected chi connectivity index (χ2v) is 17.7. The molecule has 3 aromatic carbocycles. The number of methoxy groups -OCH3 is 1. The number of piperazine rings is 1. The van der Waals surface area contributed by atoms with Crippen molar-refractivity contribution >= 4 is 77.3 Å². The third-order valence-electron chi connectivity index (χ3n) is 9.90. The van der Waals surface area contributed by atoms with Gasteiger partial charge in [-0.2, -0.15) is 17.6 Å². The molecule has 2 unspecified atom stereocenters. The first-order chi connectivity index (χ1) is 25.0. The van der Waals surface area contributed by atoms with Gasteiger partial charge in [-0.3, -0.25) is 24.7 Å². The Morgan fingerprint density at radius 1 is 1.02 bits per heavy atom. The van der Waals surface area contributed by atoms with Gasteiger partial charge in [0, 0.05) is 62.7 Å². The first-order valence-corrected chi connectivity index (χ1v) is 20.7. The number of rotatable bonds is 10. The number of para-hydroxylation sites is 1. The molecule has 1 aromatic heterocycles. The van der Waals surface area contributed by atoms with E-state index < -0.39 is 7.14 Å². The van der Waals surface area contributed by atoms with Gasteiger partial charge in [0.15, 0.2) is 5.82 Å². The molecular formula is C37H42ClN8O4PS. The van der Waals surface area contributed by atoms with Gasteiger partial charge in [-0.25, -0.2) is 4.98 Å². The number of carbonyl (C=O) groups is 2. The third kappa shape index (κ3) is 7.65. The molecule has 0 radical (unpaired) electrons. The number of carbonyl (C=O) groups excluding carboxylic acids is 2. The van der Waals surface area contributed by atoms with Crippen molar-refractivity contribution < 1.29 is 18.9 Å². The first kappa shape index (κ1) is 36.2. The molecule has 3 aliphatic heterocycles. The fourth-order valence-corrected chi connectivity index (χ4v) is 8.94. The van der Waals surface area contributed by atoms with Gasteiger partial charge in [-0.1, -0.05) is 41.9 Å². The lowest BCUT2D eigenvalue weighted by atomic mass is 10.0. The van der Waals surface area contributed by atoms with Crippen LogP contribution in [0.5, 0.6) is 5.75 Å². The average molecular weight is 761 g/mol. The fraction of sp³-hybridized carbons (Fsp3) is 0.351. The Morgan fingerprint density at radius 2 is 1.81 bits per heavy atom. The Hall–Kier alpha value is -4.13. The Balaban J connectivity index is 0.989. The summed E-state index contributed by atoms with van der Waals surface area (Å²) in [7, 11) is -0.911. The number of halogens is 1. The minimum Gasteiger partial charge on any atom is -0.494 e. The molecule has 2 fully saturated rings. The van der Waals surface area contributed by atoms with Crippen molar-refractivity contribution in [1.29, 1.82) is 0 Å². The number of ether oxygens (including phenoxy) is 1. The van der Waals surface area contributed by atoms with Crippen LogP contribution in [0.2, 0.25) is 5.02 Å². The summed E-state index contributed by atoms with van der Waals surface area (Å²) in [5, 5.41) is 9.86. The minimum absolute atomic E-state index is 0.186. The van der Waals surface area contributed by atoms with E-state index >= 15 is 0 Å². The maximum absolute atomic E-state index is 12.9. The maximum Gasteiger partial charge on any atom is 0.243 e. The second-order valence-electron chi connectivity index (χ2n) is 13.7. The van der Waals surface area contributed by atoms with Crippen LogP contribution in [0.3, 0.4) is 0 Å². The van der Waals surface area contributed by atoms with E-state index in [2.05, 4.69) is 64.9 Å². The normalized spacial score (nSPS) is 19.7. The molecule has 7 rings (SSSR count). The van der Waals surface area contributed by atoms with Crippen molar-refractivity contribution in [3.63, 3.8) is 0 Å². The number of aromatic nitrogens is 2. The summed E-state index contributed by atoms with van der Waals surface area (Å²) in [6.45, 7) is 8.38. The number of fused-ring (bicyclic) bond motifs is 1. The molecule has 52 heavy (non-hydrogen) atoms. The van der Waals surface area contributed by atoms with E-state index in [1.165, 1.54) is 17.3 Å². The number of hydrogen-bond donors (Lipinski definition) is 4. The number of piperidine rings is 1. The van der Waals surface area contributed by atoms with E-state index in [-0.39, 0.29) is 23.2 Å². The van der Waals surface area contributed by atoms with Crippen LogP contribution in [0.1, 0.15) is 34.9 Å². The third-order valence-corrected chi connectivity index (χ3v) is 12.3. The monoisotopic (exact) mass is 760 g/mol. The Bertz CT molecular complexity index is 2060. The van der Waals surface area contributed by atoms with Gasteiger partial charge >= 0.3 is 0 Å². The average Bonchev–Trinajstić information content (AvgIpc) is 3.46. The molecule has 2 atom stereocenters. The standard InChI is InChI=1S/C37H42ClN8O4PS/c1-50-31-19-24(11-12-28(31)41-37-39-20-27(38)34(43-37)40-29-9-4-5-10-32(29)51(2,3)49)45-17-15-44(16-18-45)21-23-7-6-8-25-26(23)22-46(36(25)52)30-13-14-33(47)42-35(30)48/h4-12,19-20,30,36,52H,13-18,21-22H2,1-3H3,(H,42,47,48)(H2,39,40,41,43). The quantitative estimate of drug-likeness (QED) is 0.0896. The molecule has 3 N–H and O–H groups in total. The Kier molecular flexibility index (Phi) is 10.5. The highest BCUT2D eigenvalue weighted by atomic mass is 35.5. The molecule has 0 saturated carbocycles. The van der Waals surface area contributed by atoms with E-state index in [0.717, 1.165) is 44.0 Å². The summed E-state index contributed by atoms with van der Waals surface area (Å²) >= 11 is 11.4. The Labute approximate surface area is 314 Å². The van der Waals surface area contributed by atoms with Gasteiger partial charge in [0.05, 0.1) is 36.1 Å². The highest BCUT2D eigenvalue weighted by Crippen LogP contribution is 2.42. The van der Waals surface area contributed by atoms with Crippen molar-refractivity contribution in [2.24, 2.45) is 0 Å². The van der Waals surface area contributed by atoms with Crippen LogP contribution in [0.15, 0.2) is 66.9 Å². The summed E-state index contributed by atoms with van der Waals surface area (Å²) in [6, 6.07) is 19.5. The Morgan fingerprint density at radius 3 is 2.56 bits per heavy atom. The number of amides is 2. The van der Waals surface area contributed by atoms with Gasteiger partial charge in [0.25, 0.3) is 0 Å². The number of nitrogens with zero attached hydrogens (tertiary/aromatic N) is 5. The summed E-state index contributed by atoms with van der Waals surface area (Å²) in [6.07, 6.45) is 2.39. The predicted octanol–water partition coefficient (Wildman–Crippen LogP) is 5.75. The molecule has 0 spiro atoms. The molecule has 15 heteroatoms. The van der Waals surface area contributed by atoms with Crippen molar-refractivity contribution in [2.45, 2.75) is 37.3 Å². The van der Waals surface area contributed by atoms with E-state index in [0.29, 0.717) is 58.6 Å². The van der Waals surface area contributed by atoms with Crippen molar-refractivity contribution in [3.05, 3.63) is 88.6 Å². The van der Waals surface area contributed by atoms with E-state index in [9.17, 15) is 14.2 Å². The van der Waals surface area contributed by atoms with Crippen molar-refractivity contribution in [1.82, 2.24) is 25.1 Å². The highest BCUT2D eigenvalue weighted by Gasteiger charge is 2.40. The zero-order chi connectivity index (χ0) is 36.6. The van der Waals surface area contributed by atoms with Crippen LogP contribution in [-0.2, 0) is 27.2 Å². The summed E-state index contributed by atoms with van der Waals surface area (Å²) in [4.78, 5) is 40.3. The zero-order valence-electron chi connectivity index (χ0n) is 29.3. The summed E-state index contributed by atoms with van der Waals surface area (Å²) in [5.74, 6) is 0.938. The number of hydrogen-bond acceptors (Lipinski definition) is 12. The van der Waals surface area contributed by atoms with E-state index in [1.54, 1.807) is 20.4 Å². The zero-order valence-corrected chi connectivity index (χ0v) is 31.8. The van der Waals surface area contributed by atoms with Crippen LogP contribution in [0.4, 0.5) is 28.8 Å². The van der Waals surface area contributed by atoms with Gasteiger partial charge in [-0.15, -0.1) is 0 Å². The van der Waals surface area contributed by atoms with Crippen LogP contribution < -0.4 is 30.9 Å². The molecular weight excluding hydrogens is 719 g/mol. The lowest BCUT2D eigenvalue weighted by Crippen LogP contribution is -2.51. The predicted molar refractivity (Wildman–Crippen MR) is 210 cm³/mol. The number of thiol groups is 1. The van der Waals surface area contributed by atoms with Gasteiger partial charge in [0.2, 0.25) is 17.8 Å². The lowest BCUT2D eigenvalue weighted by Gasteiger charge is -2.36. The number of benzene rings is 3. The molecule has 12 nitrogen and oxygen atoms in total. The molecule has 4 heterocycles. The molecule has 0 aliphatic carbocycles. The van der Waals surface area contributed by atoms with Gasteiger partial charge in [-0.05, 0) is 60.7 Å². The van der Waals surface area contributed by atoms with Gasteiger partial charge in [0.1, 0.15) is 17.9 Å². The van der Waals surface area contributed by atoms with Crippen LogP contribution >= 0.6 is 31.4 Å². The van der Waals surface area contributed by atoms with E-state index in [4.69, 9.17) is 29.0 Å². The smallest absolute Gasteiger partial charge is 0.243 e. The molecule has 0 bridgehead atoms. The molecule has 272 valence electrons. The molecule has 4 aromatic rings. The van der Waals surface area contributed by atoms with Gasteiger partial charge < -0.3 is 24.8 Å². The largest absolute Gasteiger partial charge is 0.494 e. The topological polar surface area (TPSA) is 132 Å². The van der Waals surface area contributed by atoms with Crippen molar-refractivity contribution in [3.8, 4) is 5.75 Å². The SMILES string of the molecule is COc1cc(N2CCN(Cc3cccc4c3CN(C3CCC(=O)NC3=O)C4S)CC2)ccc1Nc1ncc(Cl)c(Nc2ccccc2P(C)(C)=O)n1. The van der Waals surface area contributed by atoms with Crippen LogP contribution in [-0.4, -0.2) is 84.2 Å². The summed E-state index contributed by atoms with van der Waals surface area (Å²) < 4.78 is 18.7. The van der Waals surface area contributed by atoms with E-state index in [1.807, 2.05) is 36.4 Å². The number of imide groups is 1. The van der Waals surface area contributed by atoms with Crippen molar-refractivity contribution in [2.75, 3.05) is 62.2 Å². The minimum atomic E-state index is -2.55. The van der Waals surface area contributed by atoms with Crippen LogP contribution in [0, 0.1) is 0 Å². The lowest BCUT2D eigenvalue weighted by molar-refractivity contribution is -0.137. The highest BCUT2D eigenvalue weighted by molar-refractivity contribution is 7.80. The first-order valence-electron chi connectivity index (χ1n) is 17.2. The fourth-order valence-electron chi connectivity index (χ4n) is 7.16.